The highest BCUT2D eigenvalue weighted by atomic mass is 35.5. The third-order valence-corrected chi connectivity index (χ3v) is 5.07. The van der Waals surface area contributed by atoms with Crippen LogP contribution in [-0.4, -0.2) is 30.4 Å². The normalized spacial score (nSPS) is 17.4. The van der Waals surface area contributed by atoms with Crippen LogP contribution in [0.25, 0.3) is 10.1 Å². The fourth-order valence-corrected chi connectivity index (χ4v) is 3.88. The molecule has 0 aliphatic carbocycles. The predicted octanol–water partition coefficient (Wildman–Crippen LogP) is 2.88. The molecule has 0 spiro atoms. The van der Waals surface area contributed by atoms with Crippen LogP contribution in [0.2, 0.25) is 5.02 Å². The number of fused-ring (bicyclic) bond motifs is 1. The summed E-state index contributed by atoms with van der Waals surface area (Å²) in [6.07, 6.45) is 0.572. The van der Waals surface area contributed by atoms with Crippen molar-refractivity contribution in [3.63, 3.8) is 0 Å². The van der Waals surface area contributed by atoms with Crippen LogP contribution in [0.1, 0.15) is 11.3 Å². The standard InChI is InChI=1S/C14H15ClN2OS/c15-14-10-3-1-2-4-11(10)19-12(14)9-17-7-5-13(18)16-6-8-17/h1-4H,5-9H2,(H,16,18). The molecule has 0 unspecified atom stereocenters. The first-order chi connectivity index (χ1) is 9.24. The Labute approximate surface area is 121 Å². The van der Waals surface area contributed by atoms with Crippen molar-refractivity contribution in [3.05, 3.63) is 34.2 Å². The Kier molecular flexibility index (Phi) is 3.73. The number of nitrogens with one attached hydrogen (secondary N) is 1. The van der Waals surface area contributed by atoms with Crippen molar-refractivity contribution in [2.75, 3.05) is 19.6 Å². The summed E-state index contributed by atoms with van der Waals surface area (Å²) in [7, 11) is 0. The van der Waals surface area contributed by atoms with E-state index in [1.54, 1.807) is 11.3 Å². The number of hydrogen-bond donors (Lipinski definition) is 1. The Morgan fingerprint density at radius 3 is 3.00 bits per heavy atom. The molecule has 1 N–H and O–H groups in total. The van der Waals surface area contributed by atoms with Crippen molar-refractivity contribution in [3.8, 4) is 0 Å². The number of carbonyl (C=O) groups excluding carboxylic acids is 1. The summed E-state index contributed by atoms with van der Waals surface area (Å²) in [5.41, 5.74) is 0. The topological polar surface area (TPSA) is 32.3 Å². The van der Waals surface area contributed by atoms with E-state index >= 15 is 0 Å². The molecular weight excluding hydrogens is 280 g/mol. The van der Waals surface area contributed by atoms with Crippen molar-refractivity contribution in [1.29, 1.82) is 0 Å². The van der Waals surface area contributed by atoms with Gasteiger partial charge < -0.3 is 5.32 Å². The van der Waals surface area contributed by atoms with Crippen molar-refractivity contribution < 1.29 is 4.79 Å². The van der Waals surface area contributed by atoms with Gasteiger partial charge in [0.25, 0.3) is 0 Å². The molecule has 1 fully saturated rings. The number of carbonyl (C=O) groups is 1. The van der Waals surface area contributed by atoms with E-state index in [4.69, 9.17) is 11.6 Å². The zero-order valence-electron chi connectivity index (χ0n) is 10.5. The van der Waals surface area contributed by atoms with Crippen LogP contribution in [-0.2, 0) is 11.3 Å². The highest BCUT2D eigenvalue weighted by Crippen LogP contribution is 2.35. The van der Waals surface area contributed by atoms with Gasteiger partial charge in [0.2, 0.25) is 5.91 Å². The zero-order chi connectivity index (χ0) is 13.2. The molecule has 3 nitrogen and oxygen atoms in total. The smallest absolute Gasteiger partial charge is 0.221 e. The highest BCUT2D eigenvalue weighted by Gasteiger charge is 2.17. The molecule has 1 aliphatic heterocycles. The van der Waals surface area contributed by atoms with E-state index in [1.165, 1.54) is 9.58 Å². The molecule has 1 saturated heterocycles. The fraction of sp³-hybridized carbons (Fsp3) is 0.357. The average Bonchev–Trinajstić information content (AvgIpc) is 2.58. The average molecular weight is 295 g/mol. The Bertz CT molecular complexity index is 611. The second-order valence-electron chi connectivity index (χ2n) is 4.71. The van der Waals surface area contributed by atoms with Gasteiger partial charge in [0, 0.05) is 47.6 Å². The first-order valence-corrected chi connectivity index (χ1v) is 7.58. The molecule has 0 atom stereocenters. The Morgan fingerprint density at radius 2 is 2.16 bits per heavy atom. The van der Waals surface area contributed by atoms with Gasteiger partial charge in [-0.15, -0.1) is 11.3 Å². The quantitative estimate of drug-likeness (QED) is 0.924. The molecule has 19 heavy (non-hydrogen) atoms. The van der Waals surface area contributed by atoms with E-state index in [9.17, 15) is 4.79 Å². The number of benzene rings is 1. The number of hydrogen-bond acceptors (Lipinski definition) is 3. The highest BCUT2D eigenvalue weighted by molar-refractivity contribution is 7.19. The van der Waals surface area contributed by atoms with Crippen LogP contribution in [0.5, 0.6) is 0 Å². The number of amides is 1. The molecule has 1 aliphatic rings. The first kappa shape index (κ1) is 12.9. The largest absolute Gasteiger partial charge is 0.355 e. The van der Waals surface area contributed by atoms with Gasteiger partial charge in [0.1, 0.15) is 0 Å². The molecule has 1 amide bonds. The number of rotatable bonds is 2. The van der Waals surface area contributed by atoms with Gasteiger partial charge in [-0.25, -0.2) is 0 Å². The van der Waals surface area contributed by atoms with Crippen LogP contribution >= 0.6 is 22.9 Å². The maximum absolute atomic E-state index is 11.3. The van der Waals surface area contributed by atoms with E-state index in [1.807, 2.05) is 12.1 Å². The summed E-state index contributed by atoms with van der Waals surface area (Å²) < 4.78 is 1.23. The maximum Gasteiger partial charge on any atom is 0.221 e. The first-order valence-electron chi connectivity index (χ1n) is 6.39. The molecule has 0 radical (unpaired) electrons. The van der Waals surface area contributed by atoms with Crippen LogP contribution in [0, 0.1) is 0 Å². The minimum absolute atomic E-state index is 0.143. The molecule has 1 aromatic carbocycles. The number of halogens is 1. The van der Waals surface area contributed by atoms with E-state index in [-0.39, 0.29) is 5.91 Å². The van der Waals surface area contributed by atoms with Crippen molar-refractivity contribution in [1.82, 2.24) is 10.2 Å². The van der Waals surface area contributed by atoms with Gasteiger partial charge in [0.05, 0.1) is 5.02 Å². The van der Waals surface area contributed by atoms with Gasteiger partial charge in [-0.1, -0.05) is 29.8 Å². The molecular formula is C14H15ClN2OS. The molecule has 1 aromatic heterocycles. The SMILES string of the molecule is O=C1CCN(Cc2sc3ccccc3c2Cl)CCN1. The second kappa shape index (κ2) is 5.49. The number of thiophene rings is 1. The summed E-state index contributed by atoms with van der Waals surface area (Å²) in [4.78, 5) is 14.8. The van der Waals surface area contributed by atoms with Gasteiger partial charge in [-0.3, -0.25) is 9.69 Å². The lowest BCUT2D eigenvalue weighted by Gasteiger charge is -2.17. The minimum Gasteiger partial charge on any atom is -0.355 e. The van der Waals surface area contributed by atoms with E-state index in [2.05, 4.69) is 22.3 Å². The molecule has 100 valence electrons. The summed E-state index contributed by atoms with van der Waals surface area (Å²) in [6.45, 7) is 3.24. The van der Waals surface area contributed by atoms with Crippen LogP contribution in [0.4, 0.5) is 0 Å². The van der Waals surface area contributed by atoms with Gasteiger partial charge in [-0.05, 0) is 6.07 Å². The van der Waals surface area contributed by atoms with Crippen molar-refractivity contribution >= 4 is 38.9 Å². The molecule has 2 heterocycles. The third-order valence-electron chi connectivity index (χ3n) is 3.37. The van der Waals surface area contributed by atoms with Crippen LogP contribution < -0.4 is 5.32 Å². The van der Waals surface area contributed by atoms with Gasteiger partial charge >= 0.3 is 0 Å². The summed E-state index contributed by atoms with van der Waals surface area (Å²) in [5, 5.41) is 4.89. The van der Waals surface area contributed by atoms with Crippen LogP contribution in [0.3, 0.4) is 0 Å². The number of nitrogens with zero attached hydrogens (tertiary/aromatic N) is 1. The third kappa shape index (κ3) is 2.76. The van der Waals surface area contributed by atoms with Gasteiger partial charge in [-0.2, -0.15) is 0 Å². The Balaban J connectivity index is 1.81. The predicted molar refractivity (Wildman–Crippen MR) is 79.7 cm³/mol. The second-order valence-corrected chi connectivity index (χ2v) is 6.23. The Morgan fingerprint density at radius 1 is 1.32 bits per heavy atom. The van der Waals surface area contributed by atoms with Gasteiger partial charge in [0.15, 0.2) is 0 Å². The lowest BCUT2D eigenvalue weighted by atomic mass is 10.2. The minimum atomic E-state index is 0.143. The fourth-order valence-electron chi connectivity index (χ4n) is 2.34. The van der Waals surface area contributed by atoms with E-state index < -0.39 is 0 Å². The summed E-state index contributed by atoms with van der Waals surface area (Å²) >= 11 is 8.19. The monoisotopic (exact) mass is 294 g/mol. The zero-order valence-corrected chi connectivity index (χ0v) is 12.1. The van der Waals surface area contributed by atoms with Crippen LogP contribution in [0.15, 0.2) is 24.3 Å². The Hall–Kier alpha value is -1.10. The lowest BCUT2D eigenvalue weighted by Crippen LogP contribution is -2.28. The van der Waals surface area contributed by atoms with E-state index in [0.29, 0.717) is 6.42 Å². The summed E-state index contributed by atoms with van der Waals surface area (Å²) in [5.74, 6) is 0.143. The summed E-state index contributed by atoms with van der Waals surface area (Å²) in [6, 6.07) is 8.21. The molecule has 2 aromatic rings. The van der Waals surface area contributed by atoms with Crippen molar-refractivity contribution in [2.24, 2.45) is 0 Å². The lowest BCUT2D eigenvalue weighted by molar-refractivity contribution is -0.120. The maximum atomic E-state index is 11.3. The molecule has 0 bridgehead atoms. The molecule has 0 saturated carbocycles. The molecule has 5 heteroatoms. The van der Waals surface area contributed by atoms with E-state index in [0.717, 1.165) is 36.6 Å². The molecule has 3 rings (SSSR count). The van der Waals surface area contributed by atoms with Crippen molar-refractivity contribution in [2.45, 2.75) is 13.0 Å².